The molecule has 2 aromatic rings. The molecule has 0 fully saturated rings. The normalized spacial score (nSPS) is 10.5. The predicted octanol–water partition coefficient (Wildman–Crippen LogP) is 4.13. The summed E-state index contributed by atoms with van der Waals surface area (Å²) in [5.41, 5.74) is 8.07. The van der Waals surface area contributed by atoms with Crippen LogP contribution >= 0.6 is 35.3 Å². The van der Waals surface area contributed by atoms with Crippen LogP contribution in [0.3, 0.4) is 0 Å². The molecule has 5 heteroatoms. The quantitative estimate of drug-likeness (QED) is 0.639. The van der Waals surface area contributed by atoms with Crippen molar-refractivity contribution in [3.8, 4) is 0 Å². The van der Waals surface area contributed by atoms with Gasteiger partial charge in [-0.2, -0.15) is 0 Å². The molecule has 0 saturated heterocycles. The largest absolute Gasteiger partial charge is 0.389 e. The predicted molar refractivity (Wildman–Crippen MR) is 95.2 cm³/mol. The van der Waals surface area contributed by atoms with Crippen LogP contribution in [0.2, 0.25) is 0 Å². The zero-order valence-corrected chi connectivity index (χ0v) is 14.1. The van der Waals surface area contributed by atoms with Gasteiger partial charge in [0.15, 0.2) is 0 Å². The van der Waals surface area contributed by atoms with Crippen molar-refractivity contribution in [1.82, 2.24) is 0 Å². The smallest absolute Gasteiger partial charge is 0.107 e. The van der Waals surface area contributed by atoms with E-state index in [1.54, 1.807) is 23.1 Å². The van der Waals surface area contributed by atoms with E-state index >= 15 is 0 Å². The fraction of sp³-hybridized carbons (Fsp3) is 0.267. The van der Waals surface area contributed by atoms with E-state index in [1.807, 2.05) is 0 Å². The zero-order chi connectivity index (χ0) is 14.5. The molecule has 1 heterocycles. The second-order valence-electron chi connectivity index (χ2n) is 4.31. The molecule has 0 amide bonds. The standard InChI is InChI=1S/C15H18N2S3/c1-3-17(10-11-6-5-9-20-11)12-7-4-8-13(19-2)14(12)15(16)18/h4-9H,3,10H2,1-2H3,(H2,16,18). The molecular formula is C15H18N2S3. The summed E-state index contributed by atoms with van der Waals surface area (Å²) in [5, 5.41) is 2.11. The Morgan fingerprint density at radius 2 is 2.15 bits per heavy atom. The van der Waals surface area contributed by atoms with Gasteiger partial charge in [-0.1, -0.05) is 24.4 Å². The number of nitrogens with zero attached hydrogens (tertiary/aromatic N) is 1. The second-order valence-corrected chi connectivity index (χ2v) is 6.63. The van der Waals surface area contributed by atoms with Crippen molar-refractivity contribution in [3.05, 3.63) is 46.2 Å². The SMILES string of the molecule is CCN(Cc1cccs1)c1cccc(SC)c1C(N)=S. The molecule has 1 aromatic carbocycles. The molecule has 2 nitrogen and oxygen atoms in total. The first-order chi connectivity index (χ1) is 9.67. The van der Waals surface area contributed by atoms with Gasteiger partial charge in [0.25, 0.3) is 0 Å². The van der Waals surface area contributed by atoms with Crippen LogP contribution in [0.15, 0.2) is 40.6 Å². The number of thioether (sulfide) groups is 1. The van der Waals surface area contributed by atoms with E-state index in [9.17, 15) is 0 Å². The van der Waals surface area contributed by atoms with Crippen LogP contribution in [0.25, 0.3) is 0 Å². The Kier molecular flexibility index (Phi) is 5.46. The van der Waals surface area contributed by atoms with Crippen LogP contribution in [0.5, 0.6) is 0 Å². The molecule has 2 N–H and O–H groups in total. The summed E-state index contributed by atoms with van der Waals surface area (Å²) >= 11 is 8.72. The molecule has 0 saturated carbocycles. The van der Waals surface area contributed by atoms with Gasteiger partial charge in [0, 0.05) is 27.6 Å². The summed E-state index contributed by atoms with van der Waals surface area (Å²) < 4.78 is 0. The minimum atomic E-state index is 0.467. The van der Waals surface area contributed by atoms with Crippen molar-refractivity contribution in [2.45, 2.75) is 18.4 Å². The highest BCUT2D eigenvalue weighted by atomic mass is 32.2. The molecule has 1 aromatic heterocycles. The molecule has 0 bridgehead atoms. The van der Waals surface area contributed by atoms with E-state index < -0.39 is 0 Å². The maximum Gasteiger partial charge on any atom is 0.107 e. The topological polar surface area (TPSA) is 29.3 Å². The number of thiophene rings is 1. The lowest BCUT2D eigenvalue weighted by molar-refractivity contribution is 0.839. The second kappa shape index (κ2) is 7.11. The number of hydrogen-bond donors (Lipinski definition) is 1. The highest BCUT2D eigenvalue weighted by molar-refractivity contribution is 7.98. The first-order valence-electron chi connectivity index (χ1n) is 6.41. The van der Waals surface area contributed by atoms with E-state index in [0.29, 0.717) is 4.99 Å². The molecule has 0 atom stereocenters. The highest BCUT2D eigenvalue weighted by Crippen LogP contribution is 2.31. The van der Waals surface area contributed by atoms with E-state index in [2.05, 4.69) is 53.8 Å². The molecular weight excluding hydrogens is 304 g/mol. The van der Waals surface area contributed by atoms with Crippen LogP contribution in [0, 0.1) is 0 Å². The van der Waals surface area contributed by atoms with Crippen molar-refractivity contribution in [2.75, 3.05) is 17.7 Å². The molecule has 2 rings (SSSR count). The third-order valence-corrected chi connectivity index (χ3v) is 4.97. The Balaban J connectivity index is 2.41. The Bertz CT molecular complexity index is 579. The number of hydrogen-bond acceptors (Lipinski definition) is 4. The summed E-state index contributed by atoms with van der Waals surface area (Å²) in [7, 11) is 0. The summed E-state index contributed by atoms with van der Waals surface area (Å²) in [4.78, 5) is 5.27. The Hall–Kier alpha value is -1.04. The third kappa shape index (κ3) is 3.34. The van der Waals surface area contributed by atoms with Crippen molar-refractivity contribution in [2.24, 2.45) is 5.73 Å². The summed E-state index contributed by atoms with van der Waals surface area (Å²) in [6.45, 7) is 3.97. The van der Waals surface area contributed by atoms with Gasteiger partial charge in [0.2, 0.25) is 0 Å². The van der Waals surface area contributed by atoms with Crippen LogP contribution in [-0.2, 0) is 6.54 Å². The molecule has 106 valence electrons. The Morgan fingerprint density at radius 1 is 1.35 bits per heavy atom. The molecule has 0 spiro atoms. The molecule has 0 aliphatic carbocycles. The summed E-state index contributed by atoms with van der Waals surface area (Å²) in [6, 6.07) is 10.5. The minimum Gasteiger partial charge on any atom is -0.389 e. The van der Waals surface area contributed by atoms with Crippen LogP contribution in [0.4, 0.5) is 5.69 Å². The van der Waals surface area contributed by atoms with E-state index in [4.69, 9.17) is 18.0 Å². The average molecular weight is 323 g/mol. The zero-order valence-electron chi connectivity index (χ0n) is 11.6. The molecule has 20 heavy (non-hydrogen) atoms. The Labute approximate surface area is 134 Å². The van der Waals surface area contributed by atoms with Crippen molar-refractivity contribution >= 4 is 46.0 Å². The molecule has 0 aliphatic heterocycles. The van der Waals surface area contributed by atoms with Crippen molar-refractivity contribution in [3.63, 3.8) is 0 Å². The Morgan fingerprint density at radius 3 is 2.70 bits per heavy atom. The maximum atomic E-state index is 5.95. The molecule has 0 aliphatic rings. The van der Waals surface area contributed by atoms with Gasteiger partial charge in [0.05, 0.1) is 6.54 Å². The maximum absolute atomic E-state index is 5.95. The number of thiocarbonyl (C=S) groups is 1. The molecule has 0 unspecified atom stereocenters. The summed E-state index contributed by atoms with van der Waals surface area (Å²) in [5.74, 6) is 0. The van der Waals surface area contributed by atoms with Gasteiger partial charge < -0.3 is 10.6 Å². The first kappa shape index (κ1) is 15.4. The van der Waals surface area contributed by atoms with Gasteiger partial charge in [-0.15, -0.1) is 23.1 Å². The van der Waals surface area contributed by atoms with Crippen LogP contribution in [-0.4, -0.2) is 17.8 Å². The van der Waals surface area contributed by atoms with E-state index in [-0.39, 0.29) is 0 Å². The van der Waals surface area contributed by atoms with Gasteiger partial charge in [-0.25, -0.2) is 0 Å². The van der Waals surface area contributed by atoms with Gasteiger partial charge in [0.1, 0.15) is 4.99 Å². The van der Waals surface area contributed by atoms with E-state index in [0.717, 1.165) is 29.2 Å². The van der Waals surface area contributed by atoms with Gasteiger partial charge in [-0.3, -0.25) is 0 Å². The minimum absolute atomic E-state index is 0.467. The fourth-order valence-electron chi connectivity index (χ4n) is 2.16. The lowest BCUT2D eigenvalue weighted by atomic mass is 10.1. The lowest BCUT2D eigenvalue weighted by Crippen LogP contribution is -2.25. The number of benzene rings is 1. The van der Waals surface area contributed by atoms with Gasteiger partial charge >= 0.3 is 0 Å². The van der Waals surface area contributed by atoms with Crippen molar-refractivity contribution in [1.29, 1.82) is 0 Å². The monoisotopic (exact) mass is 322 g/mol. The van der Waals surface area contributed by atoms with Gasteiger partial charge in [-0.05, 0) is 36.8 Å². The number of nitrogens with two attached hydrogens (primary N) is 1. The summed E-state index contributed by atoms with van der Waals surface area (Å²) in [6.07, 6.45) is 2.05. The first-order valence-corrected chi connectivity index (χ1v) is 8.92. The van der Waals surface area contributed by atoms with Crippen molar-refractivity contribution < 1.29 is 0 Å². The average Bonchev–Trinajstić information content (AvgIpc) is 2.96. The lowest BCUT2D eigenvalue weighted by Gasteiger charge is -2.26. The van der Waals surface area contributed by atoms with Crippen LogP contribution in [0.1, 0.15) is 17.4 Å². The number of anilines is 1. The fourth-order valence-corrected chi connectivity index (χ4v) is 3.79. The highest BCUT2D eigenvalue weighted by Gasteiger charge is 2.15. The van der Waals surface area contributed by atoms with Crippen LogP contribution < -0.4 is 10.6 Å². The van der Waals surface area contributed by atoms with E-state index in [1.165, 1.54) is 4.88 Å². The molecule has 0 radical (unpaired) electrons. The third-order valence-electron chi connectivity index (χ3n) is 3.12. The number of rotatable bonds is 6.